The van der Waals surface area contributed by atoms with E-state index in [0.29, 0.717) is 11.6 Å². The number of hydrogen-bond acceptors (Lipinski definition) is 3. The Balaban J connectivity index is 2.64. The van der Waals surface area contributed by atoms with Crippen LogP contribution in [0.2, 0.25) is 5.15 Å². The smallest absolute Gasteiger partial charge is 0.244 e. The van der Waals surface area contributed by atoms with Gasteiger partial charge < -0.3 is 10.4 Å². The Bertz CT molecular complexity index is 463. The minimum absolute atomic E-state index is 0.0499. The minimum atomic E-state index is -0.383. The zero-order valence-corrected chi connectivity index (χ0v) is 11.9. The summed E-state index contributed by atoms with van der Waals surface area (Å²) < 4.78 is 0. The molecule has 0 bridgehead atoms. The summed E-state index contributed by atoms with van der Waals surface area (Å²) in [4.78, 5) is 15.7. The van der Waals surface area contributed by atoms with Gasteiger partial charge in [-0.25, -0.2) is 4.98 Å². The Hall–Kier alpha value is -1.39. The molecule has 0 fully saturated rings. The number of nitrogens with one attached hydrogen (secondary N) is 1. The summed E-state index contributed by atoms with van der Waals surface area (Å²) in [6, 6.07) is 3.44. The average Bonchev–Trinajstić information content (AvgIpc) is 2.37. The van der Waals surface area contributed by atoms with Crippen LogP contribution in [-0.4, -0.2) is 28.1 Å². The molecule has 4 nitrogen and oxygen atoms in total. The molecule has 5 heteroatoms. The molecular weight excluding hydrogens is 264 g/mol. The molecule has 1 heterocycles. The first-order chi connectivity index (χ1) is 8.99. The van der Waals surface area contributed by atoms with Crippen molar-refractivity contribution in [3.63, 3.8) is 0 Å². The first-order valence-electron chi connectivity index (χ1n) is 6.22. The third-order valence-electron chi connectivity index (χ3n) is 3.05. The summed E-state index contributed by atoms with van der Waals surface area (Å²) in [5.41, 5.74) is 0.432. The number of carbonyl (C=O) groups excluding carboxylic acids is 1. The molecule has 0 aromatic carbocycles. The van der Waals surface area contributed by atoms with Gasteiger partial charge in [0.2, 0.25) is 5.91 Å². The van der Waals surface area contributed by atoms with Crippen molar-refractivity contribution in [3.05, 3.63) is 35.1 Å². The molecule has 1 rings (SSSR count). The van der Waals surface area contributed by atoms with Gasteiger partial charge >= 0.3 is 0 Å². The van der Waals surface area contributed by atoms with Crippen molar-refractivity contribution in [1.29, 1.82) is 0 Å². The molecule has 1 aromatic rings. The van der Waals surface area contributed by atoms with Crippen LogP contribution >= 0.6 is 11.6 Å². The molecule has 1 aromatic heterocycles. The normalized spacial score (nSPS) is 14.3. The maximum Gasteiger partial charge on any atom is 0.244 e. The highest BCUT2D eigenvalue weighted by atomic mass is 35.5. The van der Waals surface area contributed by atoms with E-state index < -0.39 is 0 Å². The van der Waals surface area contributed by atoms with Gasteiger partial charge in [0.15, 0.2) is 0 Å². The van der Waals surface area contributed by atoms with Crippen LogP contribution in [0.15, 0.2) is 24.4 Å². The fourth-order valence-electron chi connectivity index (χ4n) is 1.61. The summed E-state index contributed by atoms with van der Waals surface area (Å²) in [7, 11) is 0. The van der Waals surface area contributed by atoms with Crippen LogP contribution < -0.4 is 5.32 Å². The topological polar surface area (TPSA) is 62.2 Å². The number of rotatable bonds is 6. The van der Waals surface area contributed by atoms with E-state index in [-0.39, 0.29) is 18.1 Å². The van der Waals surface area contributed by atoms with Gasteiger partial charge in [-0.1, -0.05) is 18.5 Å². The van der Waals surface area contributed by atoms with Crippen molar-refractivity contribution in [2.24, 2.45) is 0 Å². The van der Waals surface area contributed by atoms with Crippen molar-refractivity contribution >= 4 is 23.6 Å². The molecule has 0 radical (unpaired) electrons. The molecule has 19 heavy (non-hydrogen) atoms. The zero-order valence-electron chi connectivity index (χ0n) is 11.2. The Morgan fingerprint density at radius 3 is 2.95 bits per heavy atom. The fourth-order valence-corrected chi connectivity index (χ4v) is 1.79. The first kappa shape index (κ1) is 15.7. The third kappa shape index (κ3) is 5.41. The van der Waals surface area contributed by atoms with E-state index in [1.807, 2.05) is 13.8 Å². The Morgan fingerprint density at radius 2 is 2.37 bits per heavy atom. The Kier molecular flexibility index (Phi) is 5.99. The largest absolute Gasteiger partial charge is 0.396 e. The van der Waals surface area contributed by atoms with Gasteiger partial charge in [-0.15, -0.1) is 0 Å². The van der Waals surface area contributed by atoms with E-state index in [0.717, 1.165) is 12.0 Å². The van der Waals surface area contributed by atoms with Crippen LogP contribution in [0.1, 0.15) is 32.3 Å². The van der Waals surface area contributed by atoms with Crippen LogP contribution in [0.5, 0.6) is 0 Å². The standard InChI is InChI=1S/C14H19ClN2O2/c1-3-14(2,7-9-18)17-13(19)5-4-11-6-8-16-12(15)10-11/h4-6,8,10,18H,3,7,9H2,1-2H3,(H,17,19)/b5-4+. The van der Waals surface area contributed by atoms with Gasteiger partial charge in [0.25, 0.3) is 0 Å². The molecule has 104 valence electrons. The van der Waals surface area contributed by atoms with Crippen molar-refractivity contribution in [3.8, 4) is 0 Å². The molecule has 2 N–H and O–H groups in total. The minimum Gasteiger partial charge on any atom is -0.396 e. The second-order valence-electron chi connectivity index (χ2n) is 4.62. The molecule has 0 aliphatic rings. The van der Waals surface area contributed by atoms with Crippen LogP contribution in [-0.2, 0) is 4.79 Å². The van der Waals surface area contributed by atoms with E-state index in [1.54, 1.807) is 24.4 Å². The van der Waals surface area contributed by atoms with Gasteiger partial charge in [-0.2, -0.15) is 0 Å². The van der Waals surface area contributed by atoms with E-state index in [2.05, 4.69) is 10.3 Å². The van der Waals surface area contributed by atoms with Crippen LogP contribution in [0.3, 0.4) is 0 Å². The first-order valence-corrected chi connectivity index (χ1v) is 6.59. The second-order valence-corrected chi connectivity index (χ2v) is 5.01. The Morgan fingerprint density at radius 1 is 1.63 bits per heavy atom. The maximum absolute atomic E-state index is 11.8. The number of aliphatic hydroxyl groups is 1. The highest BCUT2D eigenvalue weighted by molar-refractivity contribution is 6.29. The summed E-state index contributed by atoms with van der Waals surface area (Å²) in [6.45, 7) is 3.94. The highest BCUT2D eigenvalue weighted by Crippen LogP contribution is 2.14. The quantitative estimate of drug-likeness (QED) is 0.622. The van der Waals surface area contributed by atoms with Crippen LogP contribution in [0.4, 0.5) is 0 Å². The van der Waals surface area contributed by atoms with E-state index in [4.69, 9.17) is 16.7 Å². The fraction of sp³-hybridized carbons (Fsp3) is 0.429. The number of aliphatic hydroxyl groups excluding tert-OH is 1. The number of hydrogen-bond donors (Lipinski definition) is 2. The number of pyridine rings is 1. The molecule has 1 unspecified atom stereocenters. The lowest BCUT2D eigenvalue weighted by Gasteiger charge is -2.28. The molecule has 0 aliphatic heterocycles. The van der Waals surface area contributed by atoms with Crippen LogP contribution in [0.25, 0.3) is 6.08 Å². The lowest BCUT2D eigenvalue weighted by molar-refractivity contribution is -0.118. The summed E-state index contributed by atoms with van der Waals surface area (Å²) in [5.74, 6) is -0.189. The molecule has 1 atom stereocenters. The third-order valence-corrected chi connectivity index (χ3v) is 3.25. The van der Waals surface area contributed by atoms with Crippen molar-refractivity contribution in [2.75, 3.05) is 6.61 Å². The monoisotopic (exact) mass is 282 g/mol. The predicted octanol–water partition coefficient (Wildman–Crippen LogP) is 2.42. The van der Waals surface area contributed by atoms with Crippen molar-refractivity contribution < 1.29 is 9.90 Å². The highest BCUT2D eigenvalue weighted by Gasteiger charge is 2.22. The molecule has 1 amide bonds. The number of nitrogens with zero attached hydrogens (tertiary/aromatic N) is 1. The number of aromatic nitrogens is 1. The number of carbonyl (C=O) groups is 1. The number of halogens is 1. The second kappa shape index (κ2) is 7.26. The predicted molar refractivity (Wildman–Crippen MR) is 76.8 cm³/mol. The summed E-state index contributed by atoms with van der Waals surface area (Å²) >= 11 is 5.76. The molecule has 0 saturated heterocycles. The summed E-state index contributed by atoms with van der Waals surface area (Å²) in [6.07, 6.45) is 6.01. The van der Waals surface area contributed by atoms with Gasteiger partial charge in [0.05, 0.1) is 0 Å². The van der Waals surface area contributed by atoms with E-state index in [9.17, 15) is 4.79 Å². The molecular formula is C14H19ClN2O2. The lowest BCUT2D eigenvalue weighted by atomic mass is 9.95. The van der Waals surface area contributed by atoms with E-state index >= 15 is 0 Å². The van der Waals surface area contributed by atoms with Crippen molar-refractivity contribution in [2.45, 2.75) is 32.2 Å². The van der Waals surface area contributed by atoms with Gasteiger partial charge in [0.1, 0.15) is 5.15 Å². The summed E-state index contributed by atoms with van der Waals surface area (Å²) in [5, 5.41) is 12.3. The Labute approximate surface area is 118 Å². The lowest BCUT2D eigenvalue weighted by Crippen LogP contribution is -2.45. The van der Waals surface area contributed by atoms with Gasteiger partial charge in [-0.05, 0) is 43.5 Å². The van der Waals surface area contributed by atoms with Crippen molar-refractivity contribution in [1.82, 2.24) is 10.3 Å². The molecule has 0 spiro atoms. The van der Waals surface area contributed by atoms with Gasteiger partial charge in [-0.3, -0.25) is 4.79 Å². The van der Waals surface area contributed by atoms with Gasteiger partial charge in [0, 0.05) is 24.4 Å². The number of amides is 1. The molecule has 0 aliphatic carbocycles. The van der Waals surface area contributed by atoms with E-state index in [1.165, 1.54) is 6.08 Å². The zero-order chi connectivity index (χ0) is 14.3. The molecule has 0 saturated carbocycles. The average molecular weight is 283 g/mol. The maximum atomic E-state index is 11.8. The van der Waals surface area contributed by atoms with Crippen LogP contribution in [0, 0.1) is 0 Å². The SMILES string of the molecule is CCC(C)(CCO)NC(=O)/C=C/c1ccnc(Cl)c1.